The number of Topliss-reactive ketones (excluding diaryl/α,β-unsaturated/α-hetero) is 1. The van der Waals surface area contributed by atoms with Crippen molar-refractivity contribution in [2.45, 2.75) is 19.3 Å². The van der Waals surface area contributed by atoms with Gasteiger partial charge in [0.25, 0.3) is 0 Å². The van der Waals surface area contributed by atoms with Crippen molar-refractivity contribution in [1.29, 1.82) is 0 Å². The first-order chi connectivity index (χ1) is 9.97. The first kappa shape index (κ1) is 16.0. The second-order valence-electron chi connectivity index (χ2n) is 4.24. The quantitative estimate of drug-likeness (QED) is 0.245. The smallest absolute Gasteiger partial charge is 0.211 e. The third-order valence-corrected chi connectivity index (χ3v) is 2.67. The zero-order chi connectivity index (χ0) is 15.8. The third-order valence-electron chi connectivity index (χ3n) is 2.67. The number of ketones is 1. The Morgan fingerprint density at radius 1 is 1.38 bits per heavy atom. The van der Waals surface area contributed by atoms with Crippen LogP contribution in [0.25, 0.3) is 20.9 Å². The molecule has 0 aliphatic rings. The Morgan fingerprint density at radius 3 is 2.57 bits per heavy atom. The van der Waals surface area contributed by atoms with E-state index in [4.69, 9.17) is 11.1 Å². The van der Waals surface area contributed by atoms with Crippen LogP contribution in [0, 0.1) is 10.1 Å². The third kappa shape index (κ3) is 4.83. The second kappa shape index (κ2) is 7.49. The van der Waals surface area contributed by atoms with Crippen LogP contribution in [0.5, 0.6) is 0 Å². The molecule has 0 saturated carbocycles. The van der Waals surface area contributed by atoms with Gasteiger partial charge in [0, 0.05) is 32.5 Å². The van der Waals surface area contributed by atoms with Crippen molar-refractivity contribution in [3.05, 3.63) is 54.8 Å². The number of rotatable bonds is 7. The van der Waals surface area contributed by atoms with Crippen molar-refractivity contribution in [2.75, 3.05) is 6.54 Å². The number of azide groups is 2. The van der Waals surface area contributed by atoms with Gasteiger partial charge in [0.1, 0.15) is 5.78 Å². The highest BCUT2D eigenvalue weighted by Gasteiger charge is 2.22. The van der Waals surface area contributed by atoms with Crippen molar-refractivity contribution in [1.82, 2.24) is 0 Å². The first-order valence-corrected chi connectivity index (χ1v) is 5.83. The summed E-state index contributed by atoms with van der Waals surface area (Å²) in [7, 11) is 0. The van der Waals surface area contributed by atoms with Gasteiger partial charge >= 0.3 is 0 Å². The van der Waals surface area contributed by atoms with Crippen molar-refractivity contribution in [2.24, 2.45) is 10.2 Å². The monoisotopic (exact) mass is 289 g/mol. The maximum absolute atomic E-state index is 11.3. The number of carbonyl (C=O) groups is 1. The molecule has 0 N–H and O–H groups in total. The Morgan fingerprint density at radius 2 is 2.05 bits per heavy atom. The molecule has 1 atom stereocenters. The fourth-order valence-electron chi connectivity index (χ4n) is 1.93. The molecular formula is C11H11N7O3. The molecule has 0 amide bonds. The van der Waals surface area contributed by atoms with Gasteiger partial charge in [-0.15, -0.1) is 0 Å². The van der Waals surface area contributed by atoms with E-state index in [9.17, 15) is 14.9 Å². The average Bonchev–Trinajstić information content (AvgIpc) is 2.38. The van der Waals surface area contributed by atoms with E-state index in [1.54, 1.807) is 0 Å². The van der Waals surface area contributed by atoms with Gasteiger partial charge in [-0.1, -0.05) is 22.4 Å². The zero-order valence-corrected chi connectivity index (χ0v) is 11.1. The van der Waals surface area contributed by atoms with Gasteiger partial charge in [-0.05, 0) is 29.6 Å². The summed E-state index contributed by atoms with van der Waals surface area (Å²) in [5.41, 5.74) is 17.6. The summed E-state index contributed by atoms with van der Waals surface area (Å²) in [5, 5.41) is 17.5. The van der Waals surface area contributed by atoms with Gasteiger partial charge in [-0.3, -0.25) is 10.1 Å². The minimum atomic E-state index is -0.710. The van der Waals surface area contributed by atoms with E-state index in [1.165, 1.54) is 25.1 Å². The van der Waals surface area contributed by atoms with Crippen LogP contribution >= 0.6 is 0 Å². The lowest BCUT2D eigenvalue weighted by atomic mass is 9.92. The van der Waals surface area contributed by atoms with E-state index < -0.39 is 17.4 Å². The van der Waals surface area contributed by atoms with Crippen LogP contribution in [0.1, 0.15) is 24.8 Å². The summed E-state index contributed by atoms with van der Waals surface area (Å²) in [4.78, 5) is 26.7. The minimum Gasteiger partial charge on any atom is -0.300 e. The summed E-state index contributed by atoms with van der Waals surface area (Å²) < 4.78 is 0. The average molecular weight is 289 g/mol. The Labute approximate surface area is 118 Å². The van der Waals surface area contributed by atoms with Gasteiger partial charge in [-0.2, -0.15) is 0 Å². The number of hydrogen-bond acceptors (Lipinski definition) is 5. The standard InChI is InChI=1S/C11H11N7O3/c1-7(19)4-8(6-18(20)21)10-3-2-9(14-16-12)5-11(10)15-17-13/h2-3,5,8H,4,6H2,1H3/t8-/m0/s1. The van der Waals surface area contributed by atoms with Crippen LogP contribution in [0.4, 0.5) is 11.4 Å². The maximum atomic E-state index is 11.3. The largest absolute Gasteiger partial charge is 0.300 e. The molecule has 1 rings (SSSR count). The van der Waals surface area contributed by atoms with Crippen LogP contribution in [-0.2, 0) is 4.79 Å². The van der Waals surface area contributed by atoms with Crippen LogP contribution in [0.2, 0.25) is 0 Å². The number of hydrogen-bond donors (Lipinski definition) is 0. The second-order valence-corrected chi connectivity index (χ2v) is 4.24. The summed E-state index contributed by atoms with van der Waals surface area (Å²) in [6.45, 7) is 0.864. The van der Waals surface area contributed by atoms with Gasteiger partial charge in [0.2, 0.25) is 6.54 Å². The highest BCUT2D eigenvalue weighted by Crippen LogP contribution is 2.33. The van der Waals surface area contributed by atoms with E-state index in [0.717, 1.165) is 0 Å². The predicted molar refractivity (Wildman–Crippen MR) is 74.0 cm³/mol. The molecule has 0 bridgehead atoms. The summed E-state index contributed by atoms with van der Waals surface area (Å²) in [5.74, 6) is -0.925. The number of carbonyl (C=O) groups excluding carboxylic acids is 1. The highest BCUT2D eigenvalue weighted by atomic mass is 16.6. The SMILES string of the molecule is CC(=O)C[C@@H](C[N+](=O)[O-])c1ccc(N=[N+]=[N-])cc1N=[N+]=[N-]. The molecule has 1 aromatic carbocycles. The van der Waals surface area contributed by atoms with Gasteiger partial charge < -0.3 is 4.79 Å². The Balaban J connectivity index is 3.33. The molecule has 0 aromatic heterocycles. The van der Waals surface area contributed by atoms with E-state index in [1.807, 2.05) is 0 Å². The van der Waals surface area contributed by atoms with Crippen molar-refractivity contribution >= 4 is 17.2 Å². The molecule has 1 aromatic rings. The summed E-state index contributed by atoms with van der Waals surface area (Å²) in [6, 6.07) is 4.23. The molecule has 0 aliphatic heterocycles. The first-order valence-electron chi connectivity index (χ1n) is 5.83. The molecule has 108 valence electrons. The molecule has 0 saturated heterocycles. The molecule has 0 unspecified atom stereocenters. The number of benzene rings is 1. The van der Waals surface area contributed by atoms with E-state index in [0.29, 0.717) is 5.56 Å². The Hall–Kier alpha value is -3.09. The predicted octanol–water partition coefficient (Wildman–Crippen LogP) is 3.91. The lowest BCUT2D eigenvalue weighted by molar-refractivity contribution is -0.483. The molecule has 10 heteroatoms. The van der Waals surface area contributed by atoms with E-state index in [2.05, 4.69) is 20.1 Å². The van der Waals surface area contributed by atoms with Gasteiger partial charge in [0.15, 0.2) is 0 Å². The maximum Gasteiger partial charge on any atom is 0.211 e. The van der Waals surface area contributed by atoms with Gasteiger partial charge in [-0.25, -0.2) is 0 Å². The Kier molecular flexibility index (Phi) is 5.69. The van der Waals surface area contributed by atoms with Gasteiger partial charge in [0.05, 0.1) is 5.92 Å². The minimum absolute atomic E-state index is 0.0458. The molecule has 0 fully saturated rings. The molecule has 0 spiro atoms. The lowest BCUT2D eigenvalue weighted by Crippen LogP contribution is -2.15. The molecule has 0 heterocycles. The topological polar surface area (TPSA) is 158 Å². The zero-order valence-electron chi connectivity index (χ0n) is 11.1. The number of nitro groups is 1. The van der Waals surface area contributed by atoms with Crippen LogP contribution in [0.15, 0.2) is 28.4 Å². The molecular weight excluding hydrogens is 278 g/mol. The van der Waals surface area contributed by atoms with Crippen molar-refractivity contribution in [3.63, 3.8) is 0 Å². The van der Waals surface area contributed by atoms with E-state index >= 15 is 0 Å². The highest BCUT2D eigenvalue weighted by molar-refractivity contribution is 5.77. The normalized spacial score (nSPS) is 10.9. The van der Waals surface area contributed by atoms with E-state index in [-0.39, 0.29) is 23.6 Å². The molecule has 10 nitrogen and oxygen atoms in total. The van der Waals surface area contributed by atoms with Crippen LogP contribution in [-0.4, -0.2) is 17.3 Å². The Bertz CT molecular complexity index is 644. The summed E-state index contributed by atoms with van der Waals surface area (Å²) in [6.07, 6.45) is -0.0458. The van der Waals surface area contributed by atoms with Crippen molar-refractivity contribution < 1.29 is 9.72 Å². The number of nitrogens with zero attached hydrogens (tertiary/aromatic N) is 7. The van der Waals surface area contributed by atoms with Crippen LogP contribution < -0.4 is 0 Å². The summed E-state index contributed by atoms with van der Waals surface area (Å²) >= 11 is 0. The molecule has 0 radical (unpaired) electrons. The fourth-order valence-corrected chi connectivity index (χ4v) is 1.93. The fraction of sp³-hybridized carbons (Fsp3) is 0.364. The molecule has 21 heavy (non-hydrogen) atoms. The van der Waals surface area contributed by atoms with Crippen LogP contribution in [0.3, 0.4) is 0 Å². The molecule has 0 aliphatic carbocycles. The van der Waals surface area contributed by atoms with Crippen molar-refractivity contribution in [3.8, 4) is 0 Å². The lowest BCUT2D eigenvalue weighted by Gasteiger charge is -2.14.